The molecular formula is C19H22N4O2. The van der Waals surface area contributed by atoms with Gasteiger partial charge in [-0.25, -0.2) is 4.98 Å². The molecule has 0 bridgehead atoms. The number of nitrogens with zero attached hydrogens (tertiary/aromatic N) is 3. The minimum absolute atomic E-state index is 0.105. The van der Waals surface area contributed by atoms with Crippen molar-refractivity contribution in [2.45, 2.75) is 6.54 Å². The minimum Gasteiger partial charge on any atom is -0.506 e. The molecule has 1 aromatic heterocycles. The number of rotatable bonds is 5. The van der Waals surface area contributed by atoms with E-state index in [2.05, 4.69) is 32.9 Å². The van der Waals surface area contributed by atoms with Crippen molar-refractivity contribution in [1.29, 1.82) is 0 Å². The first-order valence-electron chi connectivity index (χ1n) is 8.25. The lowest BCUT2D eigenvalue weighted by molar-refractivity contribution is 0.149. The van der Waals surface area contributed by atoms with Crippen molar-refractivity contribution < 1.29 is 5.11 Å². The number of aliphatic hydroxyl groups excluding tert-OH is 1. The van der Waals surface area contributed by atoms with Gasteiger partial charge in [-0.1, -0.05) is 25.3 Å². The van der Waals surface area contributed by atoms with Crippen LogP contribution < -0.4 is 5.56 Å². The fourth-order valence-electron chi connectivity index (χ4n) is 3.07. The molecule has 0 radical (unpaired) electrons. The highest BCUT2D eigenvalue weighted by atomic mass is 16.3. The lowest BCUT2D eigenvalue weighted by Crippen LogP contribution is -2.45. The third kappa shape index (κ3) is 3.64. The Morgan fingerprint density at radius 2 is 1.92 bits per heavy atom. The van der Waals surface area contributed by atoms with Crippen molar-refractivity contribution in [3.63, 3.8) is 0 Å². The molecule has 6 heteroatoms. The maximum Gasteiger partial charge on any atom is 0.258 e. The van der Waals surface area contributed by atoms with Crippen LogP contribution in [-0.2, 0) is 6.54 Å². The van der Waals surface area contributed by atoms with E-state index in [1.165, 1.54) is 6.08 Å². The summed E-state index contributed by atoms with van der Waals surface area (Å²) in [6.07, 6.45) is 3.07. The first kappa shape index (κ1) is 17.0. The Morgan fingerprint density at radius 3 is 2.60 bits per heavy atom. The van der Waals surface area contributed by atoms with Crippen LogP contribution in [0.2, 0.25) is 0 Å². The third-order valence-electron chi connectivity index (χ3n) is 4.40. The van der Waals surface area contributed by atoms with Crippen LogP contribution in [-0.4, -0.2) is 51.1 Å². The average molecular weight is 338 g/mol. The maximum atomic E-state index is 12.2. The van der Waals surface area contributed by atoms with Crippen LogP contribution in [0.5, 0.6) is 0 Å². The molecule has 2 aromatic rings. The molecule has 6 nitrogen and oxygen atoms in total. The summed E-state index contributed by atoms with van der Waals surface area (Å²) in [5.41, 5.74) is 1.31. The van der Waals surface area contributed by atoms with Gasteiger partial charge in [-0.3, -0.25) is 9.69 Å². The highest BCUT2D eigenvalue weighted by molar-refractivity contribution is 5.77. The number of hydrogen-bond acceptors (Lipinski definition) is 5. The summed E-state index contributed by atoms with van der Waals surface area (Å²) >= 11 is 0. The van der Waals surface area contributed by atoms with Gasteiger partial charge in [-0.2, -0.15) is 0 Å². The molecule has 1 fully saturated rings. The summed E-state index contributed by atoms with van der Waals surface area (Å²) in [5.74, 6) is 0.814. The molecule has 3 rings (SSSR count). The van der Waals surface area contributed by atoms with E-state index in [4.69, 9.17) is 0 Å². The standard InChI is InChI=1S/C19H22N4O2/c1-3-16(17(24)4-2)23-11-9-22(10-12-23)13-18-20-15-8-6-5-7-14(15)19(25)21-18/h3-8,24H,1-2,9-13H2,(H,20,21,25)/b17-16-. The molecule has 0 unspecified atom stereocenters. The van der Waals surface area contributed by atoms with Crippen LogP contribution >= 0.6 is 0 Å². The second kappa shape index (κ2) is 7.36. The van der Waals surface area contributed by atoms with Crippen LogP contribution in [0.1, 0.15) is 5.82 Å². The van der Waals surface area contributed by atoms with Crippen LogP contribution in [0.3, 0.4) is 0 Å². The van der Waals surface area contributed by atoms with Crippen LogP contribution in [0, 0.1) is 0 Å². The highest BCUT2D eigenvalue weighted by Crippen LogP contribution is 2.15. The van der Waals surface area contributed by atoms with E-state index in [9.17, 15) is 9.90 Å². The number of H-pyrrole nitrogens is 1. The smallest absolute Gasteiger partial charge is 0.258 e. The number of aromatic nitrogens is 2. The number of piperazine rings is 1. The van der Waals surface area contributed by atoms with Gasteiger partial charge < -0.3 is 15.0 Å². The number of hydrogen-bond donors (Lipinski definition) is 2. The van der Waals surface area contributed by atoms with Gasteiger partial charge in [0.1, 0.15) is 11.6 Å². The molecule has 130 valence electrons. The molecule has 0 saturated carbocycles. The predicted molar refractivity (Wildman–Crippen MR) is 99.3 cm³/mol. The van der Waals surface area contributed by atoms with E-state index in [0.29, 0.717) is 29.0 Å². The van der Waals surface area contributed by atoms with Gasteiger partial charge in [0.05, 0.1) is 23.1 Å². The maximum absolute atomic E-state index is 12.2. The number of nitrogens with one attached hydrogen (secondary N) is 1. The largest absolute Gasteiger partial charge is 0.506 e. The van der Waals surface area contributed by atoms with Gasteiger partial charge in [0.2, 0.25) is 0 Å². The topological polar surface area (TPSA) is 72.5 Å². The molecule has 0 atom stereocenters. The highest BCUT2D eigenvalue weighted by Gasteiger charge is 2.20. The molecule has 1 aliphatic rings. The number of aliphatic hydroxyl groups is 1. The van der Waals surface area contributed by atoms with Crippen LogP contribution in [0.4, 0.5) is 0 Å². The average Bonchev–Trinajstić information content (AvgIpc) is 2.63. The van der Waals surface area contributed by atoms with E-state index in [0.717, 1.165) is 26.2 Å². The Hall–Kier alpha value is -2.86. The van der Waals surface area contributed by atoms with Gasteiger partial charge >= 0.3 is 0 Å². The fourth-order valence-corrected chi connectivity index (χ4v) is 3.07. The number of para-hydroxylation sites is 1. The van der Waals surface area contributed by atoms with Crippen LogP contribution in [0.15, 0.2) is 65.8 Å². The summed E-state index contributed by atoms with van der Waals surface area (Å²) in [6, 6.07) is 7.35. The van der Waals surface area contributed by atoms with Crippen molar-refractivity contribution in [3.05, 3.63) is 77.2 Å². The lowest BCUT2D eigenvalue weighted by atomic mass is 10.2. The zero-order valence-electron chi connectivity index (χ0n) is 14.1. The molecule has 2 heterocycles. The summed E-state index contributed by atoms with van der Waals surface area (Å²) in [6.45, 7) is 11.1. The summed E-state index contributed by atoms with van der Waals surface area (Å²) in [7, 11) is 0. The van der Waals surface area contributed by atoms with Gasteiger partial charge in [0.25, 0.3) is 5.56 Å². The van der Waals surface area contributed by atoms with Crippen molar-refractivity contribution in [2.75, 3.05) is 26.2 Å². The Bertz CT molecular complexity index is 876. The Morgan fingerprint density at radius 1 is 1.20 bits per heavy atom. The van der Waals surface area contributed by atoms with E-state index >= 15 is 0 Å². The van der Waals surface area contributed by atoms with E-state index in [1.807, 2.05) is 18.2 Å². The van der Waals surface area contributed by atoms with Gasteiger partial charge in [0, 0.05) is 26.2 Å². The molecular weight excluding hydrogens is 316 g/mol. The number of aromatic amines is 1. The Balaban J connectivity index is 1.69. The second-order valence-corrected chi connectivity index (χ2v) is 5.97. The number of fused-ring (bicyclic) bond motifs is 1. The SMILES string of the molecule is C=C/C(O)=C(\C=C)N1CCN(Cc2nc3ccccc3c(=O)[nH]2)CC1. The zero-order chi connectivity index (χ0) is 17.8. The van der Waals surface area contributed by atoms with Crippen molar-refractivity contribution in [3.8, 4) is 0 Å². The Kier molecular flexibility index (Phi) is 5.00. The van der Waals surface area contributed by atoms with Gasteiger partial charge in [-0.15, -0.1) is 0 Å². The summed E-state index contributed by atoms with van der Waals surface area (Å²) in [5, 5.41) is 10.5. The van der Waals surface area contributed by atoms with E-state index in [1.54, 1.807) is 12.1 Å². The predicted octanol–water partition coefficient (Wildman–Crippen LogP) is 2.18. The molecule has 0 spiro atoms. The first-order valence-corrected chi connectivity index (χ1v) is 8.25. The van der Waals surface area contributed by atoms with Crippen molar-refractivity contribution in [2.24, 2.45) is 0 Å². The number of benzene rings is 1. The minimum atomic E-state index is -0.105. The summed E-state index contributed by atoms with van der Waals surface area (Å²) < 4.78 is 0. The molecule has 2 N–H and O–H groups in total. The zero-order valence-corrected chi connectivity index (χ0v) is 14.1. The Labute approximate surface area is 146 Å². The van der Waals surface area contributed by atoms with E-state index < -0.39 is 0 Å². The fraction of sp³-hybridized carbons (Fsp3) is 0.263. The molecule has 0 amide bonds. The van der Waals surface area contributed by atoms with Crippen molar-refractivity contribution >= 4 is 10.9 Å². The van der Waals surface area contributed by atoms with Crippen LogP contribution in [0.25, 0.3) is 10.9 Å². The van der Waals surface area contributed by atoms with Gasteiger partial charge in [-0.05, 0) is 24.3 Å². The van der Waals surface area contributed by atoms with E-state index in [-0.39, 0.29) is 11.3 Å². The number of allylic oxidation sites excluding steroid dienone is 2. The molecule has 25 heavy (non-hydrogen) atoms. The normalized spacial score (nSPS) is 16.6. The molecule has 1 saturated heterocycles. The third-order valence-corrected chi connectivity index (χ3v) is 4.40. The van der Waals surface area contributed by atoms with Gasteiger partial charge in [0.15, 0.2) is 0 Å². The van der Waals surface area contributed by atoms with Crippen molar-refractivity contribution in [1.82, 2.24) is 19.8 Å². The quantitative estimate of drug-likeness (QED) is 0.646. The first-order chi connectivity index (χ1) is 12.1. The molecule has 1 aliphatic heterocycles. The lowest BCUT2D eigenvalue weighted by Gasteiger charge is -2.36. The molecule has 0 aliphatic carbocycles. The monoisotopic (exact) mass is 338 g/mol. The second-order valence-electron chi connectivity index (χ2n) is 5.97. The molecule has 1 aromatic carbocycles. The summed E-state index contributed by atoms with van der Waals surface area (Å²) in [4.78, 5) is 23.9.